The van der Waals surface area contributed by atoms with Crippen molar-refractivity contribution in [1.29, 1.82) is 0 Å². The maximum absolute atomic E-state index is 9.30. The van der Waals surface area contributed by atoms with Gasteiger partial charge in [0.2, 0.25) is 0 Å². The summed E-state index contributed by atoms with van der Waals surface area (Å²) in [5.41, 5.74) is 0.834. The van der Waals surface area contributed by atoms with Crippen molar-refractivity contribution in [2.45, 2.75) is 13.0 Å². The van der Waals surface area contributed by atoms with E-state index in [0.29, 0.717) is 0 Å². The molecule has 3 nitrogen and oxygen atoms in total. The molecule has 0 aliphatic heterocycles. The van der Waals surface area contributed by atoms with E-state index in [9.17, 15) is 5.11 Å². The second-order valence-corrected chi connectivity index (χ2v) is 3.22. The summed E-state index contributed by atoms with van der Waals surface area (Å²) in [5.74, 6) is 0.861. The molecular formula is C11H12N2O. The van der Waals surface area contributed by atoms with Gasteiger partial charge in [0, 0.05) is 18.6 Å². The van der Waals surface area contributed by atoms with Gasteiger partial charge in [0.25, 0.3) is 0 Å². The second kappa shape index (κ2) is 3.64. The predicted octanol–water partition coefficient (Wildman–Crippen LogP) is 1.93. The quantitative estimate of drug-likeness (QED) is 0.782. The molecule has 1 atom stereocenters. The molecule has 72 valence electrons. The topological polar surface area (TPSA) is 38.0 Å². The number of aliphatic hydroxyl groups excluding tert-OH is 1. The van der Waals surface area contributed by atoms with Crippen LogP contribution in [0.1, 0.15) is 18.6 Å². The summed E-state index contributed by atoms with van der Waals surface area (Å²) in [6.45, 7) is 1.73. The molecule has 2 aromatic heterocycles. The van der Waals surface area contributed by atoms with Crippen LogP contribution in [-0.2, 0) is 0 Å². The van der Waals surface area contributed by atoms with Gasteiger partial charge in [-0.05, 0) is 30.7 Å². The van der Waals surface area contributed by atoms with E-state index in [1.54, 1.807) is 13.1 Å². The van der Waals surface area contributed by atoms with E-state index in [4.69, 9.17) is 0 Å². The third-order valence-electron chi connectivity index (χ3n) is 2.12. The maximum atomic E-state index is 9.30. The Morgan fingerprint density at radius 2 is 2.00 bits per heavy atom. The molecule has 0 saturated carbocycles. The van der Waals surface area contributed by atoms with Crippen molar-refractivity contribution in [3.8, 4) is 5.82 Å². The largest absolute Gasteiger partial charge is 0.389 e. The fourth-order valence-electron chi connectivity index (χ4n) is 1.28. The van der Waals surface area contributed by atoms with E-state index >= 15 is 0 Å². The highest BCUT2D eigenvalue weighted by atomic mass is 16.3. The molecule has 0 radical (unpaired) electrons. The highest BCUT2D eigenvalue weighted by molar-refractivity contribution is 5.26. The standard InChI is InChI=1S/C11H12N2O/c1-9(14)10-4-5-11(12-8-10)13-6-2-3-7-13/h2-9,14H,1H3. The van der Waals surface area contributed by atoms with E-state index < -0.39 is 6.10 Å². The summed E-state index contributed by atoms with van der Waals surface area (Å²) < 4.78 is 1.92. The van der Waals surface area contributed by atoms with Crippen LogP contribution in [0, 0.1) is 0 Å². The van der Waals surface area contributed by atoms with Gasteiger partial charge in [0.05, 0.1) is 6.10 Å². The molecule has 1 unspecified atom stereocenters. The lowest BCUT2D eigenvalue weighted by Gasteiger charge is -2.05. The van der Waals surface area contributed by atoms with Gasteiger partial charge in [-0.2, -0.15) is 0 Å². The maximum Gasteiger partial charge on any atom is 0.136 e. The Morgan fingerprint density at radius 3 is 2.50 bits per heavy atom. The zero-order valence-corrected chi connectivity index (χ0v) is 7.96. The highest BCUT2D eigenvalue weighted by Gasteiger charge is 2.01. The van der Waals surface area contributed by atoms with Crippen LogP contribution in [0.5, 0.6) is 0 Å². The first kappa shape index (κ1) is 8.97. The lowest BCUT2D eigenvalue weighted by Crippen LogP contribution is -1.97. The van der Waals surface area contributed by atoms with Crippen molar-refractivity contribution in [2.75, 3.05) is 0 Å². The van der Waals surface area contributed by atoms with Crippen molar-refractivity contribution in [2.24, 2.45) is 0 Å². The Labute approximate surface area is 82.7 Å². The minimum absolute atomic E-state index is 0.457. The molecule has 0 aromatic carbocycles. The fraction of sp³-hybridized carbons (Fsp3) is 0.182. The van der Waals surface area contributed by atoms with Crippen molar-refractivity contribution >= 4 is 0 Å². The van der Waals surface area contributed by atoms with Crippen molar-refractivity contribution in [3.63, 3.8) is 0 Å². The molecule has 0 saturated heterocycles. The molecular weight excluding hydrogens is 176 g/mol. The molecule has 3 heteroatoms. The van der Waals surface area contributed by atoms with Gasteiger partial charge < -0.3 is 9.67 Å². The van der Waals surface area contributed by atoms with Gasteiger partial charge in [-0.3, -0.25) is 0 Å². The van der Waals surface area contributed by atoms with Gasteiger partial charge in [0.15, 0.2) is 0 Å². The normalized spacial score (nSPS) is 12.7. The van der Waals surface area contributed by atoms with Crippen LogP contribution < -0.4 is 0 Å². The summed E-state index contributed by atoms with van der Waals surface area (Å²) in [6.07, 6.45) is 5.11. The summed E-state index contributed by atoms with van der Waals surface area (Å²) in [7, 11) is 0. The number of aromatic nitrogens is 2. The zero-order valence-electron chi connectivity index (χ0n) is 7.96. The molecule has 0 aliphatic carbocycles. The Balaban J connectivity index is 2.31. The lowest BCUT2D eigenvalue weighted by atomic mass is 10.2. The first-order valence-electron chi connectivity index (χ1n) is 4.55. The van der Waals surface area contributed by atoms with Gasteiger partial charge >= 0.3 is 0 Å². The molecule has 0 bridgehead atoms. The Hall–Kier alpha value is -1.61. The molecule has 0 amide bonds. The number of aliphatic hydroxyl groups is 1. The first-order chi connectivity index (χ1) is 6.77. The number of pyridine rings is 1. The molecule has 2 heterocycles. The van der Waals surface area contributed by atoms with Crippen LogP contribution in [0.4, 0.5) is 0 Å². The lowest BCUT2D eigenvalue weighted by molar-refractivity contribution is 0.199. The molecule has 2 aromatic rings. The first-order valence-corrected chi connectivity index (χ1v) is 4.55. The van der Waals surface area contributed by atoms with Crippen LogP contribution in [0.25, 0.3) is 5.82 Å². The van der Waals surface area contributed by atoms with Crippen molar-refractivity contribution in [3.05, 3.63) is 48.4 Å². The zero-order chi connectivity index (χ0) is 9.97. The van der Waals surface area contributed by atoms with Gasteiger partial charge in [-0.1, -0.05) is 6.07 Å². The van der Waals surface area contributed by atoms with Crippen LogP contribution in [0.15, 0.2) is 42.9 Å². The third kappa shape index (κ3) is 1.67. The predicted molar refractivity (Wildman–Crippen MR) is 54.2 cm³/mol. The summed E-state index contributed by atoms with van der Waals surface area (Å²) in [6, 6.07) is 7.67. The fourth-order valence-corrected chi connectivity index (χ4v) is 1.28. The van der Waals surface area contributed by atoms with Crippen LogP contribution >= 0.6 is 0 Å². The number of hydrogen-bond acceptors (Lipinski definition) is 2. The summed E-state index contributed by atoms with van der Waals surface area (Å²) in [4.78, 5) is 4.25. The smallest absolute Gasteiger partial charge is 0.136 e. The Kier molecular flexibility index (Phi) is 2.33. The Morgan fingerprint density at radius 1 is 1.29 bits per heavy atom. The third-order valence-corrected chi connectivity index (χ3v) is 2.12. The number of hydrogen-bond donors (Lipinski definition) is 1. The average molecular weight is 188 g/mol. The van der Waals surface area contributed by atoms with E-state index in [1.807, 2.05) is 41.2 Å². The highest BCUT2D eigenvalue weighted by Crippen LogP contribution is 2.12. The molecule has 14 heavy (non-hydrogen) atoms. The molecule has 0 aliphatic rings. The van der Waals surface area contributed by atoms with Gasteiger partial charge in [-0.25, -0.2) is 4.98 Å². The molecule has 0 spiro atoms. The second-order valence-electron chi connectivity index (χ2n) is 3.22. The Bertz CT molecular complexity index is 390. The average Bonchev–Trinajstić information content (AvgIpc) is 2.71. The minimum atomic E-state index is -0.457. The van der Waals surface area contributed by atoms with Crippen LogP contribution in [-0.4, -0.2) is 14.7 Å². The van der Waals surface area contributed by atoms with Crippen molar-refractivity contribution in [1.82, 2.24) is 9.55 Å². The van der Waals surface area contributed by atoms with Crippen LogP contribution in [0.3, 0.4) is 0 Å². The van der Waals surface area contributed by atoms with Crippen molar-refractivity contribution < 1.29 is 5.11 Å². The van der Waals surface area contributed by atoms with E-state index in [2.05, 4.69) is 4.98 Å². The number of rotatable bonds is 2. The molecule has 2 rings (SSSR count). The van der Waals surface area contributed by atoms with Gasteiger partial charge in [0.1, 0.15) is 5.82 Å². The van der Waals surface area contributed by atoms with Gasteiger partial charge in [-0.15, -0.1) is 0 Å². The van der Waals surface area contributed by atoms with Crippen LogP contribution in [0.2, 0.25) is 0 Å². The monoisotopic (exact) mass is 188 g/mol. The van der Waals surface area contributed by atoms with E-state index in [1.165, 1.54) is 0 Å². The van der Waals surface area contributed by atoms with E-state index in [0.717, 1.165) is 11.4 Å². The number of nitrogens with zero attached hydrogens (tertiary/aromatic N) is 2. The molecule has 0 fully saturated rings. The summed E-state index contributed by atoms with van der Waals surface area (Å²) in [5, 5.41) is 9.30. The minimum Gasteiger partial charge on any atom is -0.389 e. The summed E-state index contributed by atoms with van der Waals surface area (Å²) >= 11 is 0. The molecule has 1 N–H and O–H groups in total. The van der Waals surface area contributed by atoms with E-state index in [-0.39, 0.29) is 0 Å². The SMILES string of the molecule is CC(O)c1ccc(-n2cccc2)nc1.